The summed E-state index contributed by atoms with van der Waals surface area (Å²) in [5.74, 6) is 1.86. The van der Waals surface area contributed by atoms with Crippen molar-refractivity contribution in [3.05, 3.63) is 11.6 Å². The Balaban J connectivity index is 1.47. The molecule has 4 rings (SSSR count). The molecule has 2 aliphatic heterocycles. The van der Waals surface area contributed by atoms with Crippen LogP contribution in [-0.2, 0) is 17.8 Å². The Morgan fingerprint density at radius 1 is 1.21 bits per heavy atom. The second kappa shape index (κ2) is 5.86. The molecular weight excluding hydrogens is 306 g/mol. The molecule has 7 heteroatoms. The molecule has 0 radical (unpaired) electrons. The zero-order valence-electron chi connectivity index (χ0n) is 14.3. The van der Waals surface area contributed by atoms with E-state index in [1.165, 1.54) is 0 Å². The Bertz CT molecular complexity index is 656. The molecule has 1 aromatic rings. The Labute approximate surface area is 141 Å². The Morgan fingerprint density at radius 3 is 2.62 bits per heavy atom. The topological polar surface area (TPSA) is 80.1 Å². The van der Waals surface area contributed by atoms with Crippen LogP contribution in [0.5, 0.6) is 0 Å². The number of likely N-dealkylation sites (tertiary alicyclic amines) is 1. The lowest BCUT2D eigenvalue weighted by atomic mass is 9.73. The molecule has 2 amide bonds. The van der Waals surface area contributed by atoms with Crippen molar-refractivity contribution < 1.29 is 9.59 Å². The second-order valence-corrected chi connectivity index (χ2v) is 7.48. The molecule has 24 heavy (non-hydrogen) atoms. The first-order valence-corrected chi connectivity index (χ1v) is 9.11. The molecule has 1 N–H and O–H groups in total. The molecule has 130 valence electrons. The number of rotatable bonds is 3. The van der Waals surface area contributed by atoms with Gasteiger partial charge >= 0.3 is 0 Å². The lowest BCUT2D eigenvalue weighted by Crippen LogP contribution is -2.47. The highest BCUT2D eigenvalue weighted by Gasteiger charge is 2.42. The largest absolute Gasteiger partial charge is 0.350 e. The number of carbonyl (C=O) groups is 2. The van der Waals surface area contributed by atoms with Crippen LogP contribution in [0, 0.1) is 11.3 Å². The number of fused-ring (bicyclic) bond motifs is 1. The SMILES string of the molecule is CCNC(=O)c1nnc2n1CC1(CC2)CCN(C(=O)C2CC2)CC1. The van der Waals surface area contributed by atoms with Crippen molar-refractivity contribution in [3.8, 4) is 0 Å². The van der Waals surface area contributed by atoms with E-state index in [-0.39, 0.29) is 11.3 Å². The van der Waals surface area contributed by atoms with E-state index in [1.807, 2.05) is 11.5 Å². The summed E-state index contributed by atoms with van der Waals surface area (Å²) in [6.07, 6.45) is 6.10. The van der Waals surface area contributed by atoms with Gasteiger partial charge in [-0.3, -0.25) is 9.59 Å². The quantitative estimate of drug-likeness (QED) is 0.896. The molecule has 0 unspecified atom stereocenters. The minimum atomic E-state index is -0.144. The molecule has 1 spiro atoms. The van der Waals surface area contributed by atoms with E-state index < -0.39 is 0 Å². The van der Waals surface area contributed by atoms with Gasteiger partial charge in [0.1, 0.15) is 5.82 Å². The molecule has 1 aliphatic carbocycles. The normalized spacial score (nSPS) is 22.3. The number of hydrogen-bond acceptors (Lipinski definition) is 4. The van der Waals surface area contributed by atoms with Gasteiger partial charge in [0.15, 0.2) is 0 Å². The van der Waals surface area contributed by atoms with Crippen molar-refractivity contribution >= 4 is 11.8 Å². The van der Waals surface area contributed by atoms with Crippen molar-refractivity contribution in [2.45, 2.75) is 52.0 Å². The third kappa shape index (κ3) is 2.70. The molecule has 2 fully saturated rings. The van der Waals surface area contributed by atoms with Gasteiger partial charge in [-0.15, -0.1) is 10.2 Å². The number of aromatic nitrogens is 3. The van der Waals surface area contributed by atoms with Gasteiger partial charge in [0.2, 0.25) is 11.7 Å². The fourth-order valence-corrected chi connectivity index (χ4v) is 4.08. The summed E-state index contributed by atoms with van der Waals surface area (Å²) in [6.45, 7) is 4.99. The lowest BCUT2D eigenvalue weighted by molar-refractivity contribution is -0.135. The predicted octanol–water partition coefficient (Wildman–Crippen LogP) is 0.993. The summed E-state index contributed by atoms with van der Waals surface area (Å²) in [7, 11) is 0. The van der Waals surface area contributed by atoms with Gasteiger partial charge in [0.25, 0.3) is 5.91 Å². The van der Waals surface area contributed by atoms with Gasteiger partial charge in [-0.25, -0.2) is 0 Å². The average molecular weight is 331 g/mol. The van der Waals surface area contributed by atoms with E-state index in [9.17, 15) is 9.59 Å². The van der Waals surface area contributed by atoms with Crippen LogP contribution in [0.25, 0.3) is 0 Å². The fraction of sp³-hybridized carbons (Fsp3) is 0.765. The second-order valence-electron chi connectivity index (χ2n) is 7.48. The van der Waals surface area contributed by atoms with Gasteiger partial charge in [-0.2, -0.15) is 0 Å². The monoisotopic (exact) mass is 331 g/mol. The molecule has 0 bridgehead atoms. The van der Waals surface area contributed by atoms with Crippen LogP contribution in [0.4, 0.5) is 0 Å². The average Bonchev–Trinajstić information content (AvgIpc) is 3.35. The number of nitrogens with zero attached hydrogens (tertiary/aromatic N) is 4. The third-order valence-corrected chi connectivity index (χ3v) is 5.80. The standard InChI is InChI=1S/C17H25N5O2/c1-2-18-15(23)14-20-19-13-5-6-17(11-22(13)14)7-9-21(10-8-17)16(24)12-3-4-12/h12H,2-11H2,1H3,(H,18,23). The van der Waals surface area contributed by atoms with E-state index in [0.717, 1.165) is 64.0 Å². The van der Waals surface area contributed by atoms with Gasteiger partial charge in [-0.1, -0.05) is 0 Å². The highest BCUT2D eigenvalue weighted by molar-refractivity contribution is 5.90. The minimum absolute atomic E-state index is 0.144. The summed E-state index contributed by atoms with van der Waals surface area (Å²) in [5.41, 5.74) is 0.178. The van der Waals surface area contributed by atoms with Crippen LogP contribution in [0.3, 0.4) is 0 Å². The maximum atomic E-state index is 12.3. The number of amides is 2. The van der Waals surface area contributed by atoms with Crippen molar-refractivity contribution in [1.29, 1.82) is 0 Å². The van der Waals surface area contributed by atoms with Crippen molar-refractivity contribution in [2.24, 2.45) is 11.3 Å². The Hall–Kier alpha value is -1.92. The van der Waals surface area contributed by atoms with E-state index in [4.69, 9.17) is 0 Å². The molecule has 1 saturated heterocycles. The zero-order valence-corrected chi connectivity index (χ0v) is 14.3. The number of piperidine rings is 1. The first-order valence-electron chi connectivity index (χ1n) is 9.11. The molecule has 3 heterocycles. The fourth-order valence-electron chi connectivity index (χ4n) is 4.08. The lowest BCUT2D eigenvalue weighted by Gasteiger charge is -2.44. The summed E-state index contributed by atoms with van der Waals surface area (Å²) < 4.78 is 2.01. The van der Waals surface area contributed by atoms with Crippen LogP contribution < -0.4 is 5.32 Å². The number of hydrogen-bond donors (Lipinski definition) is 1. The highest BCUT2D eigenvalue weighted by atomic mass is 16.2. The van der Waals surface area contributed by atoms with Crippen LogP contribution in [0.15, 0.2) is 0 Å². The van der Waals surface area contributed by atoms with Crippen molar-refractivity contribution in [3.63, 3.8) is 0 Å². The molecule has 7 nitrogen and oxygen atoms in total. The minimum Gasteiger partial charge on any atom is -0.350 e. The molecule has 3 aliphatic rings. The van der Waals surface area contributed by atoms with E-state index in [1.54, 1.807) is 0 Å². The number of carbonyl (C=O) groups excluding carboxylic acids is 2. The van der Waals surface area contributed by atoms with E-state index >= 15 is 0 Å². The zero-order chi connectivity index (χ0) is 16.7. The van der Waals surface area contributed by atoms with Crippen LogP contribution in [0.2, 0.25) is 0 Å². The van der Waals surface area contributed by atoms with Gasteiger partial charge in [-0.05, 0) is 44.4 Å². The predicted molar refractivity (Wildman–Crippen MR) is 87.3 cm³/mol. The number of aryl methyl sites for hydroxylation is 1. The maximum absolute atomic E-state index is 12.3. The van der Waals surface area contributed by atoms with Gasteiger partial charge in [0, 0.05) is 38.5 Å². The molecular formula is C17H25N5O2. The van der Waals surface area contributed by atoms with Gasteiger partial charge in [0.05, 0.1) is 0 Å². The van der Waals surface area contributed by atoms with E-state index in [2.05, 4.69) is 20.4 Å². The molecule has 1 aromatic heterocycles. The smallest absolute Gasteiger partial charge is 0.289 e. The molecule has 0 aromatic carbocycles. The molecule has 1 saturated carbocycles. The maximum Gasteiger partial charge on any atom is 0.289 e. The van der Waals surface area contributed by atoms with Crippen molar-refractivity contribution in [2.75, 3.05) is 19.6 Å². The summed E-state index contributed by atoms with van der Waals surface area (Å²) in [6, 6.07) is 0. The summed E-state index contributed by atoms with van der Waals surface area (Å²) >= 11 is 0. The summed E-state index contributed by atoms with van der Waals surface area (Å²) in [4.78, 5) is 26.5. The number of nitrogens with one attached hydrogen (secondary N) is 1. The van der Waals surface area contributed by atoms with Crippen LogP contribution >= 0.6 is 0 Å². The van der Waals surface area contributed by atoms with Crippen molar-refractivity contribution in [1.82, 2.24) is 25.0 Å². The summed E-state index contributed by atoms with van der Waals surface area (Å²) in [5, 5.41) is 11.1. The van der Waals surface area contributed by atoms with Crippen LogP contribution in [0.1, 0.15) is 55.5 Å². The van der Waals surface area contributed by atoms with Gasteiger partial charge < -0.3 is 14.8 Å². The Morgan fingerprint density at radius 2 is 1.96 bits per heavy atom. The van der Waals surface area contributed by atoms with E-state index in [0.29, 0.717) is 24.2 Å². The first kappa shape index (κ1) is 15.6. The first-order chi connectivity index (χ1) is 11.6. The molecule has 0 atom stereocenters. The Kier molecular flexibility index (Phi) is 3.81. The van der Waals surface area contributed by atoms with Crippen LogP contribution in [-0.4, -0.2) is 51.1 Å². The highest BCUT2D eigenvalue weighted by Crippen LogP contribution is 2.42. The third-order valence-electron chi connectivity index (χ3n) is 5.80.